The van der Waals surface area contributed by atoms with Gasteiger partial charge < -0.3 is 0 Å². The smallest absolute Gasteiger partial charge is 0.208 e. The second-order valence-corrected chi connectivity index (χ2v) is 8.68. The van der Waals surface area contributed by atoms with Gasteiger partial charge >= 0.3 is 0 Å². The van der Waals surface area contributed by atoms with Crippen LogP contribution in [0.4, 0.5) is 0 Å². The number of rotatable bonds is 4. The quantitative estimate of drug-likeness (QED) is 0.458. The van der Waals surface area contributed by atoms with Gasteiger partial charge in [0.25, 0.3) is 0 Å². The molecule has 0 radical (unpaired) electrons. The van der Waals surface area contributed by atoms with E-state index in [4.69, 9.17) is 0 Å². The van der Waals surface area contributed by atoms with Crippen LogP contribution in [0.25, 0.3) is 21.9 Å². The minimum atomic E-state index is -3.64. The van der Waals surface area contributed by atoms with Crippen molar-refractivity contribution in [2.24, 2.45) is 0 Å². The molecule has 0 bridgehead atoms. The van der Waals surface area contributed by atoms with E-state index in [0.29, 0.717) is 6.54 Å². The highest BCUT2D eigenvalue weighted by Crippen LogP contribution is 2.24. The van der Waals surface area contributed by atoms with Crippen LogP contribution in [0.1, 0.15) is 5.56 Å². The van der Waals surface area contributed by atoms with Gasteiger partial charge in [-0.15, -0.1) is 0 Å². The summed E-state index contributed by atoms with van der Waals surface area (Å²) in [5.74, 6) is 0. The number of nitrogens with zero attached hydrogens (tertiary/aromatic N) is 4. The second-order valence-electron chi connectivity index (χ2n) is 6.73. The van der Waals surface area contributed by atoms with E-state index < -0.39 is 9.84 Å². The topological polar surface area (TPSA) is 77.7 Å². The van der Waals surface area contributed by atoms with Gasteiger partial charge in [0.2, 0.25) is 9.84 Å². The van der Waals surface area contributed by atoms with E-state index in [1.165, 1.54) is 6.20 Å². The van der Waals surface area contributed by atoms with E-state index in [9.17, 15) is 8.42 Å². The van der Waals surface area contributed by atoms with Crippen molar-refractivity contribution in [1.82, 2.24) is 19.7 Å². The molecule has 142 valence electrons. The number of hydrogen-bond donors (Lipinski definition) is 0. The van der Waals surface area contributed by atoms with Gasteiger partial charge in [0.05, 0.1) is 28.0 Å². The molecule has 0 unspecified atom stereocenters. The Bertz CT molecular complexity index is 1440. The third-order valence-corrected chi connectivity index (χ3v) is 6.58. The van der Waals surface area contributed by atoms with E-state index in [1.54, 1.807) is 47.4 Å². The lowest BCUT2D eigenvalue weighted by atomic mass is 10.2. The number of hydrogen-bond acceptors (Lipinski definition) is 5. The highest BCUT2D eigenvalue weighted by atomic mass is 32.2. The fourth-order valence-electron chi connectivity index (χ4n) is 3.31. The van der Waals surface area contributed by atoms with Crippen LogP contribution >= 0.6 is 0 Å². The minimum absolute atomic E-state index is 0.186. The lowest BCUT2D eigenvalue weighted by Gasteiger charge is -2.08. The lowest BCUT2D eigenvalue weighted by Crippen LogP contribution is -2.05. The van der Waals surface area contributed by atoms with Crippen LogP contribution in [0.2, 0.25) is 0 Å². The number of aromatic nitrogens is 4. The van der Waals surface area contributed by atoms with E-state index in [2.05, 4.69) is 15.1 Å². The molecule has 0 aliphatic rings. The molecule has 5 aromatic rings. The van der Waals surface area contributed by atoms with Crippen molar-refractivity contribution in [3.63, 3.8) is 0 Å². The Morgan fingerprint density at radius 1 is 0.793 bits per heavy atom. The fourth-order valence-corrected chi connectivity index (χ4v) is 4.55. The molecule has 0 saturated heterocycles. The summed E-state index contributed by atoms with van der Waals surface area (Å²) in [4.78, 5) is 9.05. The molecule has 6 nitrogen and oxygen atoms in total. The van der Waals surface area contributed by atoms with Crippen LogP contribution in [0.3, 0.4) is 0 Å². The van der Waals surface area contributed by atoms with Crippen LogP contribution in [0.5, 0.6) is 0 Å². The summed E-state index contributed by atoms with van der Waals surface area (Å²) < 4.78 is 27.8. The molecule has 0 amide bonds. The summed E-state index contributed by atoms with van der Waals surface area (Å²) in [7, 11) is -3.64. The van der Waals surface area contributed by atoms with Crippen molar-refractivity contribution in [1.29, 1.82) is 0 Å². The molecule has 5 rings (SSSR count). The molecule has 2 aromatic carbocycles. The molecular weight excluding hydrogens is 384 g/mol. The van der Waals surface area contributed by atoms with Crippen LogP contribution in [-0.4, -0.2) is 28.2 Å². The van der Waals surface area contributed by atoms with Crippen molar-refractivity contribution in [3.8, 4) is 0 Å². The average molecular weight is 400 g/mol. The molecule has 29 heavy (non-hydrogen) atoms. The van der Waals surface area contributed by atoms with Crippen LogP contribution in [0, 0.1) is 0 Å². The standard InChI is InChI=1S/C22H16N4O2S/c27-29(28,20-12-17-4-1-2-6-21(17)24-14-20)19-9-7-16(8-10-19)15-26-22-18(13-25-26)5-3-11-23-22/h1-14H,15H2. The number of sulfone groups is 1. The van der Waals surface area contributed by atoms with Gasteiger partial charge in [-0.25, -0.2) is 18.1 Å². The Morgan fingerprint density at radius 3 is 2.45 bits per heavy atom. The predicted molar refractivity (Wildman–Crippen MR) is 110 cm³/mol. The molecule has 0 aliphatic carbocycles. The Kier molecular flexibility index (Phi) is 4.10. The van der Waals surface area contributed by atoms with Crippen LogP contribution < -0.4 is 0 Å². The number of pyridine rings is 2. The SMILES string of the molecule is O=S(=O)(c1ccc(Cn2ncc3cccnc32)cc1)c1cnc2ccccc2c1. The lowest BCUT2D eigenvalue weighted by molar-refractivity contribution is 0.595. The zero-order valence-corrected chi connectivity index (χ0v) is 16.1. The molecule has 0 saturated carbocycles. The maximum Gasteiger partial charge on any atom is 0.208 e. The van der Waals surface area contributed by atoms with Gasteiger partial charge in [-0.05, 0) is 42.0 Å². The first-order valence-corrected chi connectivity index (χ1v) is 10.5. The molecule has 3 aromatic heterocycles. The Morgan fingerprint density at radius 2 is 1.59 bits per heavy atom. The molecule has 3 heterocycles. The molecule has 0 spiro atoms. The zero-order valence-electron chi connectivity index (χ0n) is 15.3. The molecular formula is C22H16N4O2S. The first-order valence-electron chi connectivity index (χ1n) is 9.07. The summed E-state index contributed by atoms with van der Waals surface area (Å²) >= 11 is 0. The summed E-state index contributed by atoms with van der Waals surface area (Å²) in [6, 6.07) is 19.8. The maximum absolute atomic E-state index is 13.0. The highest BCUT2D eigenvalue weighted by Gasteiger charge is 2.18. The largest absolute Gasteiger partial charge is 0.255 e. The van der Waals surface area contributed by atoms with Gasteiger partial charge in [-0.1, -0.05) is 30.3 Å². The van der Waals surface area contributed by atoms with E-state index in [1.807, 2.05) is 36.4 Å². The summed E-state index contributed by atoms with van der Waals surface area (Å²) in [6.45, 7) is 0.512. The van der Waals surface area contributed by atoms with Gasteiger partial charge in [-0.3, -0.25) is 4.98 Å². The van der Waals surface area contributed by atoms with E-state index in [0.717, 1.165) is 27.5 Å². The highest BCUT2D eigenvalue weighted by molar-refractivity contribution is 7.91. The second kappa shape index (κ2) is 6.79. The number of para-hydroxylation sites is 1. The zero-order chi connectivity index (χ0) is 19.8. The van der Waals surface area contributed by atoms with Crippen molar-refractivity contribution < 1.29 is 8.42 Å². The normalized spacial score (nSPS) is 11.9. The molecule has 7 heteroatoms. The summed E-state index contributed by atoms with van der Waals surface area (Å²) in [5, 5.41) is 6.13. The van der Waals surface area contributed by atoms with Gasteiger partial charge in [0.15, 0.2) is 5.65 Å². The van der Waals surface area contributed by atoms with Crippen molar-refractivity contribution in [2.75, 3.05) is 0 Å². The monoisotopic (exact) mass is 400 g/mol. The minimum Gasteiger partial charge on any atom is -0.255 e. The first-order chi connectivity index (χ1) is 14.1. The maximum atomic E-state index is 13.0. The van der Waals surface area contributed by atoms with Crippen molar-refractivity contribution >= 4 is 31.8 Å². The first kappa shape index (κ1) is 17.5. The van der Waals surface area contributed by atoms with Crippen LogP contribution in [0.15, 0.2) is 95.1 Å². The van der Waals surface area contributed by atoms with Crippen LogP contribution in [-0.2, 0) is 16.4 Å². The van der Waals surface area contributed by atoms with E-state index >= 15 is 0 Å². The van der Waals surface area contributed by atoms with Gasteiger partial charge in [0, 0.05) is 23.2 Å². The van der Waals surface area contributed by atoms with Crippen molar-refractivity contribution in [2.45, 2.75) is 16.3 Å². The Hall–Kier alpha value is -3.58. The van der Waals surface area contributed by atoms with Gasteiger partial charge in [0.1, 0.15) is 0 Å². The Balaban J connectivity index is 1.45. The number of benzene rings is 2. The van der Waals surface area contributed by atoms with Crippen molar-refractivity contribution in [3.05, 3.63) is 90.9 Å². The average Bonchev–Trinajstić information content (AvgIpc) is 3.17. The Labute approximate surface area is 167 Å². The molecule has 0 aliphatic heterocycles. The third-order valence-electron chi connectivity index (χ3n) is 4.84. The van der Waals surface area contributed by atoms with E-state index in [-0.39, 0.29) is 9.79 Å². The number of fused-ring (bicyclic) bond motifs is 2. The predicted octanol–water partition coefficient (Wildman–Crippen LogP) is 3.86. The third kappa shape index (κ3) is 3.15. The fraction of sp³-hybridized carbons (Fsp3) is 0.0455. The molecule has 0 N–H and O–H groups in total. The van der Waals surface area contributed by atoms with Gasteiger partial charge in [-0.2, -0.15) is 5.10 Å². The summed E-state index contributed by atoms with van der Waals surface area (Å²) in [5.41, 5.74) is 2.50. The molecule has 0 atom stereocenters. The molecule has 0 fully saturated rings. The summed E-state index contributed by atoms with van der Waals surface area (Å²) in [6.07, 6.45) is 4.91.